The number of aryl methyl sites for hydroxylation is 1. The number of carbonyl (C=O) groups is 1. The number of nitrogens with one attached hydrogen (secondary N) is 1. The van der Waals surface area contributed by atoms with Crippen LogP contribution >= 0.6 is 11.3 Å². The normalized spacial score (nSPS) is 13.7. The predicted molar refractivity (Wildman–Crippen MR) is 112 cm³/mol. The average Bonchev–Trinajstić information content (AvgIpc) is 3.28. The molecule has 0 aliphatic heterocycles. The van der Waals surface area contributed by atoms with Crippen LogP contribution in [0.3, 0.4) is 0 Å². The first kappa shape index (κ1) is 18.4. The second-order valence-corrected chi connectivity index (χ2v) is 7.84. The van der Waals surface area contributed by atoms with Crippen LogP contribution in [0.25, 0.3) is 15.7 Å². The van der Waals surface area contributed by atoms with Crippen molar-refractivity contribution < 1.29 is 4.79 Å². The molecule has 3 heterocycles. The van der Waals surface area contributed by atoms with Gasteiger partial charge in [-0.15, -0.1) is 11.3 Å². The van der Waals surface area contributed by atoms with Crippen LogP contribution in [0.2, 0.25) is 0 Å². The van der Waals surface area contributed by atoms with E-state index in [1.54, 1.807) is 11.3 Å². The average molecular weight is 395 g/mol. The molecule has 0 unspecified atom stereocenters. The molecule has 0 spiro atoms. The van der Waals surface area contributed by atoms with Crippen LogP contribution in [0.1, 0.15) is 43.7 Å². The Kier molecular flexibility index (Phi) is 4.77. The van der Waals surface area contributed by atoms with Crippen LogP contribution in [0.15, 0.2) is 52.6 Å². The standard InChI is InChI=1S/C21H22N4O2S/c1-4-16(20(26)22-13(2)15-8-6-5-7-9-15)25-21(27)18-12-19-17(10-11-28-19)24(18)14(3)23-25/h5-13,16H,4H2,1-3H3,(H,22,26)/t13-,16-/m1/s1. The summed E-state index contributed by atoms with van der Waals surface area (Å²) in [5, 5.41) is 9.50. The molecule has 1 N–H and O–H groups in total. The van der Waals surface area contributed by atoms with Crippen molar-refractivity contribution in [1.82, 2.24) is 19.5 Å². The highest BCUT2D eigenvalue weighted by molar-refractivity contribution is 7.17. The third-order valence-corrected chi connectivity index (χ3v) is 5.92. The van der Waals surface area contributed by atoms with E-state index in [2.05, 4.69) is 10.4 Å². The van der Waals surface area contributed by atoms with Gasteiger partial charge in [0.15, 0.2) is 0 Å². The lowest BCUT2D eigenvalue weighted by Gasteiger charge is -2.21. The van der Waals surface area contributed by atoms with Crippen molar-refractivity contribution in [2.24, 2.45) is 0 Å². The van der Waals surface area contributed by atoms with E-state index >= 15 is 0 Å². The van der Waals surface area contributed by atoms with E-state index in [0.29, 0.717) is 17.8 Å². The molecule has 0 fully saturated rings. The van der Waals surface area contributed by atoms with Gasteiger partial charge in [-0.05, 0) is 43.3 Å². The van der Waals surface area contributed by atoms with Crippen molar-refractivity contribution in [1.29, 1.82) is 0 Å². The van der Waals surface area contributed by atoms with Crippen molar-refractivity contribution in [2.45, 2.75) is 39.3 Å². The third kappa shape index (κ3) is 3.01. The van der Waals surface area contributed by atoms with Gasteiger partial charge in [-0.1, -0.05) is 37.3 Å². The lowest BCUT2D eigenvalue weighted by atomic mass is 10.1. The topological polar surface area (TPSA) is 68.4 Å². The highest BCUT2D eigenvalue weighted by Gasteiger charge is 2.25. The van der Waals surface area contributed by atoms with Crippen molar-refractivity contribution in [3.8, 4) is 0 Å². The first-order chi connectivity index (χ1) is 13.5. The lowest BCUT2D eigenvalue weighted by Crippen LogP contribution is -2.40. The van der Waals surface area contributed by atoms with E-state index < -0.39 is 6.04 Å². The van der Waals surface area contributed by atoms with Crippen LogP contribution in [0.4, 0.5) is 0 Å². The molecule has 2 atom stereocenters. The Bertz CT molecular complexity index is 1210. The fourth-order valence-electron chi connectivity index (χ4n) is 3.61. The number of thiophene rings is 1. The summed E-state index contributed by atoms with van der Waals surface area (Å²) in [5.41, 5.74) is 2.30. The smallest absolute Gasteiger partial charge is 0.291 e. The Labute approximate surface area is 166 Å². The number of nitrogens with zero attached hydrogens (tertiary/aromatic N) is 3. The number of rotatable bonds is 5. The molecule has 0 aliphatic carbocycles. The molecule has 0 bridgehead atoms. The summed E-state index contributed by atoms with van der Waals surface area (Å²) in [4.78, 5) is 26.1. The van der Waals surface area contributed by atoms with Crippen LogP contribution in [-0.4, -0.2) is 20.1 Å². The summed E-state index contributed by atoms with van der Waals surface area (Å²) >= 11 is 1.59. The Morgan fingerprint density at radius 3 is 2.68 bits per heavy atom. The first-order valence-corrected chi connectivity index (χ1v) is 10.2. The quantitative estimate of drug-likeness (QED) is 0.559. The second kappa shape index (κ2) is 7.24. The molecule has 28 heavy (non-hydrogen) atoms. The highest BCUT2D eigenvalue weighted by atomic mass is 32.1. The summed E-state index contributed by atoms with van der Waals surface area (Å²) < 4.78 is 4.23. The maximum absolute atomic E-state index is 13.1. The zero-order valence-electron chi connectivity index (χ0n) is 16.0. The minimum absolute atomic E-state index is 0.151. The fourth-order valence-corrected chi connectivity index (χ4v) is 4.41. The van der Waals surface area contributed by atoms with E-state index in [-0.39, 0.29) is 17.5 Å². The molecule has 4 aromatic rings. The van der Waals surface area contributed by atoms with Crippen molar-refractivity contribution in [3.05, 3.63) is 69.6 Å². The number of hydrogen-bond acceptors (Lipinski definition) is 4. The molecule has 3 aromatic heterocycles. The summed E-state index contributed by atoms with van der Waals surface area (Å²) in [7, 11) is 0. The van der Waals surface area contributed by atoms with Gasteiger partial charge in [0.1, 0.15) is 17.4 Å². The molecule has 0 radical (unpaired) electrons. The van der Waals surface area contributed by atoms with Gasteiger partial charge in [-0.25, -0.2) is 4.68 Å². The third-order valence-electron chi connectivity index (χ3n) is 5.07. The zero-order chi connectivity index (χ0) is 19.8. The minimum Gasteiger partial charge on any atom is -0.348 e. The molecule has 1 amide bonds. The van der Waals surface area contributed by atoms with E-state index in [9.17, 15) is 9.59 Å². The van der Waals surface area contributed by atoms with Crippen molar-refractivity contribution in [2.75, 3.05) is 0 Å². The van der Waals surface area contributed by atoms with Gasteiger partial charge in [0.2, 0.25) is 5.91 Å². The number of carbonyl (C=O) groups excluding carboxylic acids is 1. The molecule has 0 saturated carbocycles. The van der Waals surface area contributed by atoms with Gasteiger partial charge in [-0.2, -0.15) is 5.10 Å². The van der Waals surface area contributed by atoms with Gasteiger partial charge in [0, 0.05) is 0 Å². The number of amides is 1. The van der Waals surface area contributed by atoms with Gasteiger partial charge in [0.05, 0.1) is 16.3 Å². The molecule has 0 aliphatic rings. The Morgan fingerprint density at radius 2 is 1.96 bits per heavy atom. The van der Waals surface area contributed by atoms with E-state index in [1.807, 2.05) is 73.0 Å². The molecule has 6 nitrogen and oxygen atoms in total. The van der Waals surface area contributed by atoms with Gasteiger partial charge >= 0.3 is 0 Å². The van der Waals surface area contributed by atoms with Crippen LogP contribution < -0.4 is 10.9 Å². The molecule has 0 saturated heterocycles. The second-order valence-electron chi connectivity index (χ2n) is 6.90. The molecule has 1 aromatic carbocycles. The molecular weight excluding hydrogens is 372 g/mol. The van der Waals surface area contributed by atoms with Crippen molar-refractivity contribution in [3.63, 3.8) is 0 Å². The van der Waals surface area contributed by atoms with Gasteiger partial charge in [-0.3, -0.25) is 14.0 Å². The van der Waals surface area contributed by atoms with Crippen LogP contribution in [-0.2, 0) is 4.79 Å². The Balaban J connectivity index is 1.71. The summed E-state index contributed by atoms with van der Waals surface area (Å²) in [6.07, 6.45) is 0.477. The number of fused-ring (bicyclic) bond motifs is 3. The summed E-state index contributed by atoms with van der Waals surface area (Å²) in [6, 6.07) is 12.8. The van der Waals surface area contributed by atoms with E-state index in [0.717, 1.165) is 15.8 Å². The fraction of sp³-hybridized carbons (Fsp3) is 0.286. The molecule has 4 rings (SSSR count). The maximum Gasteiger partial charge on any atom is 0.291 e. The monoisotopic (exact) mass is 394 g/mol. The van der Waals surface area contributed by atoms with E-state index in [4.69, 9.17) is 0 Å². The lowest BCUT2D eigenvalue weighted by molar-refractivity contribution is -0.125. The number of aromatic nitrogens is 3. The van der Waals surface area contributed by atoms with Crippen molar-refractivity contribution >= 4 is 33.0 Å². The predicted octanol–water partition coefficient (Wildman–Crippen LogP) is 3.85. The highest BCUT2D eigenvalue weighted by Crippen LogP contribution is 2.25. The molecule has 144 valence electrons. The Morgan fingerprint density at radius 1 is 1.21 bits per heavy atom. The SMILES string of the molecule is CC[C@H](C(=O)N[C@H](C)c1ccccc1)n1nc(C)n2c(cc3sccc32)c1=O. The van der Waals surface area contributed by atoms with Crippen LogP contribution in [0, 0.1) is 6.92 Å². The maximum atomic E-state index is 13.1. The minimum atomic E-state index is -0.657. The molecule has 7 heteroatoms. The van der Waals surface area contributed by atoms with Gasteiger partial charge < -0.3 is 5.32 Å². The summed E-state index contributed by atoms with van der Waals surface area (Å²) in [5.74, 6) is 0.482. The zero-order valence-corrected chi connectivity index (χ0v) is 16.9. The number of hydrogen-bond donors (Lipinski definition) is 1. The molecular formula is C21H22N4O2S. The van der Waals surface area contributed by atoms with Crippen LogP contribution in [0.5, 0.6) is 0 Å². The Hall–Kier alpha value is -2.93. The first-order valence-electron chi connectivity index (χ1n) is 9.34. The largest absolute Gasteiger partial charge is 0.348 e. The van der Waals surface area contributed by atoms with Gasteiger partial charge in [0.25, 0.3) is 5.56 Å². The number of benzene rings is 1. The summed E-state index contributed by atoms with van der Waals surface area (Å²) in [6.45, 7) is 5.69. The van der Waals surface area contributed by atoms with E-state index in [1.165, 1.54) is 4.68 Å².